The minimum atomic E-state index is -3.50. The normalized spacial score (nSPS) is 11.5. The second-order valence-electron chi connectivity index (χ2n) is 4.78. The maximum absolute atomic E-state index is 12.1. The Morgan fingerprint density at radius 3 is 2.27 bits per heavy atom. The number of hydrogen-bond donors (Lipinski definition) is 1. The van der Waals surface area contributed by atoms with Crippen molar-refractivity contribution in [3.8, 4) is 0 Å². The predicted molar refractivity (Wildman–Crippen MR) is 86.7 cm³/mol. The number of halogens is 1. The number of carbonyl (C=O) groups is 1. The summed E-state index contributed by atoms with van der Waals surface area (Å²) in [7, 11) is -0.593. The molecule has 2 aromatic carbocycles. The fraction of sp³-hybridized carbons (Fsp3) is 0.133. The Kier molecular flexibility index (Phi) is 4.85. The summed E-state index contributed by atoms with van der Waals surface area (Å²) in [5, 5.41) is 3.22. The summed E-state index contributed by atoms with van der Waals surface area (Å²) in [5.74, 6) is -0.337. The summed E-state index contributed by atoms with van der Waals surface area (Å²) in [6, 6.07) is 12.5. The van der Waals surface area contributed by atoms with Crippen LogP contribution in [0.4, 0.5) is 5.69 Å². The minimum Gasteiger partial charge on any atom is -0.322 e. The molecule has 0 atom stereocenters. The molecule has 0 aromatic heterocycles. The molecule has 0 unspecified atom stereocenters. The summed E-state index contributed by atoms with van der Waals surface area (Å²) >= 11 is 5.85. The van der Waals surface area contributed by atoms with Gasteiger partial charge in [-0.2, -0.15) is 0 Å². The average Bonchev–Trinajstić information content (AvgIpc) is 2.47. The standard InChI is InChI=1S/C15H15ClN2O3S/c1-18(2)22(20,21)14-8-6-11(7-9-14)15(19)17-13-5-3-4-12(16)10-13/h3-10H,1-2H3,(H,17,19). The van der Waals surface area contributed by atoms with Gasteiger partial charge in [0, 0.05) is 30.4 Å². The van der Waals surface area contributed by atoms with Gasteiger partial charge in [-0.25, -0.2) is 12.7 Å². The molecule has 0 aliphatic rings. The van der Waals surface area contributed by atoms with Gasteiger partial charge in [-0.05, 0) is 42.5 Å². The second-order valence-corrected chi connectivity index (χ2v) is 7.36. The molecule has 7 heteroatoms. The molecule has 0 aliphatic heterocycles. The van der Waals surface area contributed by atoms with Crippen molar-refractivity contribution in [3.05, 3.63) is 59.1 Å². The number of hydrogen-bond acceptors (Lipinski definition) is 3. The molecule has 2 rings (SSSR count). The van der Waals surface area contributed by atoms with E-state index in [4.69, 9.17) is 11.6 Å². The smallest absolute Gasteiger partial charge is 0.255 e. The van der Waals surface area contributed by atoms with Crippen LogP contribution in [0.15, 0.2) is 53.4 Å². The van der Waals surface area contributed by atoms with Crippen LogP contribution in [0.1, 0.15) is 10.4 Å². The van der Waals surface area contributed by atoms with E-state index in [-0.39, 0.29) is 10.8 Å². The number of nitrogens with one attached hydrogen (secondary N) is 1. The highest BCUT2D eigenvalue weighted by Crippen LogP contribution is 2.17. The lowest BCUT2D eigenvalue weighted by Gasteiger charge is -2.11. The first-order valence-corrected chi connectivity index (χ1v) is 8.22. The van der Waals surface area contributed by atoms with E-state index in [0.29, 0.717) is 16.3 Å². The van der Waals surface area contributed by atoms with Crippen molar-refractivity contribution in [2.75, 3.05) is 19.4 Å². The Balaban J connectivity index is 2.19. The summed E-state index contributed by atoms with van der Waals surface area (Å²) in [6.45, 7) is 0. The van der Waals surface area contributed by atoms with Crippen LogP contribution in [-0.4, -0.2) is 32.7 Å². The van der Waals surface area contributed by atoms with E-state index < -0.39 is 10.0 Å². The molecule has 1 N–H and O–H groups in total. The minimum absolute atomic E-state index is 0.136. The number of sulfonamides is 1. The zero-order chi connectivity index (χ0) is 16.3. The summed E-state index contributed by atoms with van der Waals surface area (Å²) in [4.78, 5) is 12.2. The van der Waals surface area contributed by atoms with E-state index >= 15 is 0 Å². The highest BCUT2D eigenvalue weighted by Gasteiger charge is 2.17. The third-order valence-electron chi connectivity index (χ3n) is 2.98. The van der Waals surface area contributed by atoms with Crippen LogP contribution in [-0.2, 0) is 10.0 Å². The van der Waals surface area contributed by atoms with Gasteiger partial charge in [0.15, 0.2) is 0 Å². The number of nitrogens with zero attached hydrogens (tertiary/aromatic N) is 1. The molecule has 0 saturated carbocycles. The van der Waals surface area contributed by atoms with Crippen LogP contribution in [0.3, 0.4) is 0 Å². The molecule has 0 fully saturated rings. The Morgan fingerprint density at radius 2 is 1.73 bits per heavy atom. The number of anilines is 1. The molecule has 116 valence electrons. The van der Waals surface area contributed by atoms with Gasteiger partial charge < -0.3 is 5.32 Å². The van der Waals surface area contributed by atoms with E-state index in [0.717, 1.165) is 4.31 Å². The van der Waals surface area contributed by atoms with Crippen molar-refractivity contribution in [2.24, 2.45) is 0 Å². The molecule has 1 amide bonds. The van der Waals surface area contributed by atoms with Gasteiger partial charge >= 0.3 is 0 Å². The van der Waals surface area contributed by atoms with Crippen molar-refractivity contribution in [1.29, 1.82) is 0 Å². The molecule has 0 heterocycles. The van der Waals surface area contributed by atoms with E-state index in [9.17, 15) is 13.2 Å². The Morgan fingerprint density at radius 1 is 1.09 bits per heavy atom. The molecule has 0 saturated heterocycles. The fourth-order valence-corrected chi connectivity index (χ4v) is 2.85. The molecule has 5 nitrogen and oxygen atoms in total. The number of benzene rings is 2. The van der Waals surface area contributed by atoms with Crippen molar-refractivity contribution in [1.82, 2.24) is 4.31 Å². The van der Waals surface area contributed by atoms with Crippen LogP contribution in [0.25, 0.3) is 0 Å². The van der Waals surface area contributed by atoms with Gasteiger partial charge in [-0.15, -0.1) is 0 Å². The van der Waals surface area contributed by atoms with Gasteiger partial charge in [-0.3, -0.25) is 4.79 Å². The SMILES string of the molecule is CN(C)S(=O)(=O)c1ccc(C(=O)Nc2cccc(Cl)c2)cc1. The van der Waals surface area contributed by atoms with E-state index in [2.05, 4.69) is 5.32 Å². The Hall–Kier alpha value is -1.89. The topological polar surface area (TPSA) is 66.5 Å². The van der Waals surface area contributed by atoms with E-state index in [1.54, 1.807) is 24.3 Å². The zero-order valence-electron chi connectivity index (χ0n) is 12.1. The third kappa shape index (κ3) is 3.65. The molecule has 0 radical (unpaired) electrons. The quantitative estimate of drug-likeness (QED) is 0.932. The average molecular weight is 339 g/mol. The first-order valence-electron chi connectivity index (χ1n) is 6.40. The number of rotatable bonds is 4. The molecule has 0 aliphatic carbocycles. The van der Waals surface area contributed by atoms with Crippen molar-refractivity contribution < 1.29 is 13.2 Å². The van der Waals surface area contributed by atoms with Crippen LogP contribution >= 0.6 is 11.6 Å². The maximum Gasteiger partial charge on any atom is 0.255 e. The van der Waals surface area contributed by atoms with E-state index in [1.165, 1.54) is 38.4 Å². The summed E-state index contributed by atoms with van der Waals surface area (Å²) in [6.07, 6.45) is 0. The lowest BCUT2D eigenvalue weighted by Crippen LogP contribution is -2.22. The summed E-state index contributed by atoms with van der Waals surface area (Å²) < 4.78 is 25.0. The lowest BCUT2D eigenvalue weighted by atomic mass is 10.2. The highest BCUT2D eigenvalue weighted by molar-refractivity contribution is 7.89. The largest absolute Gasteiger partial charge is 0.322 e. The first-order chi connectivity index (χ1) is 10.3. The lowest BCUT2D eigenvalue weighted by molar-refractivity contribution is 0.102. The number of carbonyl (C=O) groups excluding carboxylic acids is 1. The molecular weight excluding hydrogens is 324 g/mol. The van der Waals surface area contributed by atoms with Crippen LogP contribution in [0, 0.1) is 0 Å². The van der Waals surface area contributed by atoms with Gasteiger partial charge in [-0.1, -0.05) is 17.7 Å². The summed E-state index contributed by atoms with van der Waals surface area (Å²) in [5.41, 5.74) is 0.931. The molecule has 22 heavy (non-hydrogen) atoms. The van der Waals surface area contributed by atoms with Gasteiger partial charge in [0.2, 0.25) is 10.0 Å². The number of amides is 1. The Labute approximate surface area is 134 Å². The third-order valence-corrected chi connectivity index (χ3v) is 5.04. The molecule has 2 aromatic rings. The van der Waals surface area contributed by atoms with Crippen LogP contribution < -0.4 is 5.32 Å². The first kappa shape index (κ1) is 16.5. The molecular formula is C15H15ClN2O3S. The van der Waals surface area contributed by atoms with Crippen molar-refractivity contribution in [3.63, 3.8) is 0 Å². The van der Waals surface area contributed by atoms with Gasteiger partial charge in [0.1, 0.15) is 0 Å². The van der Waals surface area contributed by atoms with Crippen molar-refractivity contribution in [2.45, 2.75) is 4.90 Å². The van der Waals surface area contributed by atoms with Gasteiger partial charge in [0.05, 0.1) is 4.90 Å². The maximum atomic E-state index is 12.1. The highest BCUT2D eigenvalue weighted by atomic mass is 35.5. The fourth-order valence-electron chi connectivity index (χ4n) is 1.76. The molecule has 0 spiro atoms. The van der Waals surface area contributed by atoms with E-state index in [1.807, 2.05) is 0 Å². The Bertz CT molecular complexity index is 787. The van der Waals surface area contributed by atoms with Crippen LogP contribution in [0.2, 0.25) is 5.02 Å². The monoisotopic (exact) mass is 338 g/mol. The second kappa shape index (κ2) is 6.48. The predicted octanol–water partition coefficient (Wildman–Crippen LogP) is 2.84. The van der Waals surface area contributed by atoms with Crippen molar-refractivity contribution >= 4 is 33.2 Å². The van der Waals surface area contributed by atoms with Gasteiger partial charge in [0.25, 0.3) is 5.91 Å². The zero-order valence-corrected chi connectivity index (χ0v) is 13.6. The van der Waals surface area contributed by atoms with Crippen LogP contribution in [0.5, 0.6) is 0 Å². The molecule has 0 bridgehead atoms.